The highest BCUT2D eigenvalue weighted by molar-refractivity contribution is 5.98. The number of carbonyl (C=O) groups is 2. The lowest BCUT2D eigenvalue weighted by atomic mass is 9.97. The summed E-state index contributed by atoms with van der Waals surface area (Å²) in [6.07, 6.45) is 8.29. The maximum Gasteiger partial charge on any atom is 0.252 e. The lowest BCUT2D eigenvalue weighted by Crippen LogP contribution is -2.48. The van der Waals surface area contributed by atoms with Crippen molar-refractivity contribution in [3.63, 3.8) is 0 Å². The topological polar surface area (TPSA) is 92.4 Å². The molecule has 0 saturated heterocycles. The molecule has 1 aromatic carbocycles. The molecule has 0 spiro atoms. The van der Waals surface area contributed by atoms with Gasteiger partial charge in [-0.05, 0) is 43.4 Å². The predicted molar refractivity (Wildman–Crippen MR) is 119 cm³/mol. The number of pyridine rings is 1. The number of rotatable bonds is 9. The summed E-state index contributed by atoms with van der Waals surface area (Å²) >= 11 is 0. The van der Waals surface area contributed by atoms with Crippen LogP contribution in [0.2, 0.25) is 0 Å². The van der Waals surface area contributed by atoms with Gasteiger partial charge in [-0.15, -0.1) is 0 Å². The molecule has 2 aliphatic rings. The van der Waals surface area contributed by atoms with Gasteiger partial charge in [0.2, 0.25) is 11.8 Å². The molecule has 2 amide bonds. The summed E-state index contributed by atoms with van der Waals surface area (Å²) in [5.41, 5.74) is 1.13. The van der Waals surface area contributed by atoms with E-state index in [0.717, 1.165) is 31.9 Å². The molecule has 2 aliphatic carbocycles. The first-order valence-corrected chi connectivity index (χ1v) is 11.2. The molecule has 170 valence electrons. The largest absolute Gasteiger partial charge is 0.481 e. The van der Waals surface area contributed by atoms with E-state index in [0.29, 0.717) is 23.6 Å². The highest BCUT2D eigenvalue weighted by Gasteiger charge is 2.31. The minimum atomic E-state index is -0.551. The number of hydrogen-bond donors (Lipinski definition) is 3. The Morgan fingerprint density at radius 2 is 1.97 bits per heavy atom. The van der Waals surface area contributed by atoms with Crippen molar-refractivity contribution in [3.8, 4) is 5.88 Å². The van der Waals surface area contributed by atoms with Gasteiger partial charge in [0.05, 0.1) is 19.0 Å². The second-order valence-corrected chi connectivity index (χ2v) is 8.61. The zero-order valence-electron chi connectivity index (χ0n) is 18.2. The fraction of sp³-hybridized carbons (Fsp3) is 0.458. The van der Waals surface area contributed by atoms with E-state index in [1.54, 1.807) is 24.3 Å². The number of benzene rings is 1. The van der Waals surface area contributed by atoms with Crippen LogP contribution in [0.4, 0.5) is 15.8 Å². The van der Waals surface area contributed by atoms with Crippen LogP contribution in [0.3, 0.4) is 0 Å². The Bertz CT molecular complexity index is 973. The van der Waals surface area contributed by atoms with Crippen LogP contribution in [0.15, 0.2) is 36.5 Å². The van der Waals surface area contributed by atoms with Gasteiger partial charge in [-0.2, -0.15) is 0 Å². The summed E-state index contributed by atoms with van der Waals surface area (Å²) in [5, 5.41) is 8.91. The zero-order chi connectivity index (χ0) is 22.5. The molecule has 3 N–H and O–H groups in total. The van der Waals surface area contributed by atoms with E-state index in [1.165, 1.54) is 26.0 Å². The second-order valence-electron chi connectivity index (χ2n) is 8.61. The van der Waals surface area contributed by atoms with E-state index in [4.69, 9.17) is 4.74 Å². The van der Waals surface area contributed by atoms with Gasteiger partial charge in [-0.25, -0.2) is 9.37 Å². The van der Waals surface area contributed by atoms with Crippen molar-refractivity contribution in [2.75, 3.05) is 12.4 Å². The number of ether oxygens (including phenoxy) is 1. The first-order valence-electron chi connectivity index (χ1n) is 11.2. The number of nitrogens with zero attached hydrogens (tertiary/aromatic N) is 1. The minimum absolute atomic E-state index is 0.104. The van der Waals surface area contributed by atoms with Crippen LogP contribution in [-0.4, -0.2) is 36.0 Å². The number of anilines is 2. The third-order valence-electron chi connectivity index (χ3n) is 6.03. The highest BCUT2D eigenvalue weighted by atomic mass is 19.1. The molecule has 2 aromatic rings. The van der Waals surface area contributed by atoms with Gasteiger partial charge < -0.3 is 20.7 Å². The summed E-state index contributed by atoms with van der Waals surface area (Å²) in [5.74, 6) is -0.223. The summed E-state index contributed by atoms with van der Waals surface area (Å²) in [7, 11) is 1.45. The molecule has 4 rings (SSSR count). The predicted octanol–water partition coefficient (Wildman–Crippen LogP) is 3.93. The van der Waals surface area contributed by atoms with Crippen molar-refractivity contribution < 1.29 is 18.7 Å². The summed E-state index contributed by atoms with van der Waals surface area (Å²) in [6.45, 7) is 0. The maximum atomic E-state index is 14.1. The van der Waals surface area contributed by atoms with E-state index >= 15 is 0 Å². The first-order chi connectivity index (χ1) is 15.5. The Kier molecular flexibility index (Phi) is 6.87. The second kappa shape index (κ2) is 9.97. The van der Waals surface area contributed by atoms with Gasteiger partial charge in [-0.3, -0.25) is 9.59 Å². The van der Waals surface area contributed by atoms with E-state index in [1.807, 2.05) is 0 Å². The Balaban J connectivity index is 1.45. The average molecular weight is 441 g/mol. The lowest BCUT2D eigenvalue weighted by Gasteiger charge is -2.21. The number of halogens is 1. The molecule has 0 unspecified atom stereocenters. The van der Waals surface area contributed by atoms with Crippen LogP contribution in [-0.2, 0) is 4.79 Å². The Morgan fingerprint density at radius 3 is 2.69 bits per heavy atom. The molecule has 8 heteroatoms. The van der Waals surface area contributed by atoms with Gasteiger partial charge in [0.15, 0.2) is 5.82 Å². The lowest BCUT2D eigenvalue weighted by molar-refractivity contribution is -0.123. The quantitative estimate of drug-likeness (QED) is 0.550. The third kappa shape index (κ3) is 5.75. The SMILES string of the molecule is COc1cc(Nc2cccc(C(=O)N[C@@H](CC3CCCC3)C(=O)NC3CC3)c2)c(F)cn1. The maximum absolute atomic E-state index is 14.1. The molecule has 1 heterocycles. The van der Waals surface area contributed by atoms with E-state index < -0.39 is 11.9 Å². The summed E-state index contributed by atoms with van der Waals surface area (Å²) in [6, 6.07) is 7.89. The highest BCUT2D eigenvalue weighted by Crippen LogP contribution is 2.29. The van der Waals surface area contributed by atoms with Crippen LogP contribution in [0.1, 0.15) is 55.3 Å². The fourth-order valence-electron chi connectivity index (χ4n) is 4.10. The van der Waals surface area contributed by atoms with Gasteiger partial charge in [-0.1, -0.05) is 31.7 Å². The molecule has 0 aliphatic heterocycles. The van der Waals surface area contributed by atoms with Crippen LogP contribution >= 0.6 is 0 Å². The minimum Gasteiger partial charge on any atom is -0.481 e. The third-order valence-corrected chi connectivity index (χ3v) is 6.03. The monoisotopic (exact) mass is 440 g/mol. The molecule has 7 nitrogen and oxygen atoms in total. The average Bonchev–Trinajstić information content (AvgIpc) is 3.46. The number of methoxy groups -OCH3 is 1. The van der Waals surface area contributed by atoms with Crippen molar-refractivity contribution in [1.82, 2.24) is 15.6 Å². The zero-order valence-corrected chi connectivity index (χ0v) is 18.2. The Hall–Kier alpha value is -3.16. The van der Waals surface area contributed by atoms with Gasteiger partial charge >= 0.3 is 0 Å². The molecule has 0 radical (unpaired) electrons. The van der Waals surface area contributed by atoms with Gasteiger partial charge in [0, 0.05) is 23.4 Å². The van der Waals surface area contributed by atoms with Crippen molar-refractivity contribution in [3.05, 3.63) is 47.9 Å². The first kappa shape index (κ1) is 22.0. The van der Waals surface area contributed by atoms with Crippen molar-refractivity contribution in [2.24, 2.45) is 5.92 Å². The van der Waals surface area contributed by atoms with Gasteiger partial charge in [0.1, 0.15) is 6.04 Å². The molecule has 1 atom stereocenters. The van der Waals surface area contributed by atoms with Crippen LogP contribution < -0.4 is 20.7 Å². The molecule has 2 saturated carbocycles. The molecule has 0 bridgehead atoms. The smallest absolute Gasteiger partial charge is 0.252 e. The van der Waals surface area contributed by atoms with Crippen LogP contribution in [0.5, 0.6) is 5.88 Å². The molecular weight excluding hydrogens is 411 g/mol. The normalized spacial score (nSPS) is 16.9. The summed E-state index contributed by atoms with van der Waals surface area (Å²) < 4.78 is 19.2. The van der Waals surface area contributed by atoms with Crippen molar-refractivity contribution in [1.29, 1.82) is 0 Å². The fourth-order valence-corrected chi connectivity index (χ4v) is 4.10. The number of hydrogen-bond acceptors (Lipinski definition) is 5. The number of amides is 2. The van der Waals surface area contributed by atoms with Crippen molar-refractivity contribution in [2.45, 2.75) is 57.0 Å². The van der Waals surface area contributed by atoms with E-state index in [-0.39, 0.29) is 29.4 Å². The van der Waals surface area contributed by atoms with Crippen LogP contribution in [0.25, 0.3) is 0 Å². The molecule has 1 aromatic heterocycles. The summed E-state index contributed by atoms with van der Waals surface area (Å²) in [4.78, 5) is 29.6. The van der Waals surface area contributed by atoms with Crippen LogP contribution in [0, 0.1) is 11.7 Å². The van der Waals surface area contributed by atoms with Crippen molar-refractivity contribution >= 4 is 23.2 Å². The Morgan fingerprint density at radius 1 is 1.19 bits per heavy atom. The van der Waals surface area contributed by atoms with Gasteiger partial charge in [0.25, 0.3) is 5.91 Å². The molecular formula is C24H29FN4O3. The Labute approximate surface area is 187 Å². The number of carbonyl (C=O) groups excluding carboxylic acids is 2. The van der Waals surface area contributed by atoms with E-state index in [2.05, 4.69) is 20.9 Å². The standard InChI is InChI=1S/C24H29FN4O3/c1-32-22-13-20(19(25)14-26-22)27-18-8-4-7-16(12-18)23(30)29-21(11-15-5-2-3-6-15)24(31)28-17-9-10-17/h4,7-8,12-15,17,21H,2-3,5-6,9-11H2,1H3,(H,26,27)(H,28,31)(H,29,30)/t21-/m0/s1. The number of nitrogens with one attached hydrogen (secondary N) is 3. The molecule has 2 fully saturated rings. The number of aromatic nitrogens is 1. The molecule has 32 heavy (non-hydrogen) atoms. The van der Waals surface area contributed by atoms with E-state index in [9.17, 15) is 14.0 Å².